The van der Waals surface area contributed by atoms with Crippen molar-refractivity contribution in [1.82, 2.24) is 0 Å². The van der Waals surface area contributed by atoms with Gasteiger partial charge in [-0.2, -0.15) is 0 Å². The molecule has 0 fully saturated rings. The van der Waals surface area contributed by atoms with Crippen LogP contribution in [0.1, 0.15) is 57.9 Å². The maximum absolute atomic E-state index is 11.5. The van der Waals surface area contributed by atoms with E-state index < -0.39 is 0 Å². The van der Waals surface area contributed by atoms with Gasteiger partial charge in [-0.05, 0) is 25.3 Å². The molecule has 2 heteroatoms. The van der Waals surface area contributed by atoms with E-state index >= 15 is 0 Å². The van der Waals surface area contributed by atoms with Gasteiger partial charge in [0.25, 0.3) is 0 Å². The largest absolute Gasteiger partial charge is 0.466 e. The third-order valence-electron chi connectivity index (χ3n) is 3.47. The second-order valence-corrected chi connectivity index (χ2v) is 4.89. The fourth-order valence-electron chi connectivity index (χ4n) is 2.51. The molecule has 110 valence electrons. The van der Waals surface area contributed by atoms with E-state index in [9.17, 15) is 4.79 Å². The number of allylic oxidation sites excluding steroid dienone is 1. The Hall–Kier alpha value is -1.57. The summed E-state index contributed by atoms with van der Waals surface area (Å²) >= 11 is 0. The van der Waals surface area contributed by atoms with Crippen LogP contribution >= 0.6 is 0 Å². The quantitative estimate of drug-likeness (QED) is 0.500. The average Bonchev–Trinajstić information content (AvgIpc) is 2.48. The molecule has 0 aliphatic heterocycles. The fourth-order valence-corrected chi connectivity index (χ4v) is 2.51. The zero-order chi connectivity index (χ0) is 14.8. The molecule has 0 spiro atoms. The minimum atomic E-state index is -0.137. The van der Waals surface area contributed by atoms with Crippen LogP contribution < -0.4 is 0 Å². The van der Waals surface area contributed by atoms with Crippen LogP contribution in [0.4, 0.5) is 0 Å². The maximum Gasteiger partial charge on any atom is 0.309 e. The van der Waals surface area contributed by atoms with Crippen LogP contribution in [0, 0.1) is 0 Å². The zero-order valence-electron chi connectivity index (χ0n) is 12.9. The van der Waals surface area contributed by atoms with E-state index in [1.54, 1.807) is 0 Å². The van der Waals surface area contributed by atoms with E-state index in [0.29, 0.717) is 18.9 Å². The maximum atomic E-state index is 11.5. The molecule has 1 aromatic carbocycles. The van der Waals surface area contributed by atoms with Crippen molar-refractivity contribution >= 4 is 5.97 Å². The molecule has 20 heavy (non-hydrogen) atoms. The summed E-state index contributed by atoms with van der Waals surface area (Å²) in [5, 5.41) is 0. The molecule has 2 nitrogen and oxygen atoms in total. The van der Waals surface area contributed by atoms with Gasteiger partial charge in [-0.25, -0.2) is 0 Å². The van der Waals surface area contributed by atoms with Gasteiger partial charge in [0.2, 0.25) is 0 Å². The van der Waals surface area contributed by atoms with E-state index in [2.05, 4.69) is 44.2 Å². The monoisotopic (exact) mass is 274 g/mol. The summed E-state index contributed by atoms with van der Waals surface area (Å²) in [6.07, 6.45) is 5.66. The number of esters is 1. The molecule has 0 amide bonds. The van der Waals surface area contributed by atoms with Gasteiger partial charge in [0, 0.05) is 5.92 Å². The molecule has 1 aromatic rings. The van der Waals surface area contributed by atoms with Crippen molar-refractivity contribution in [3.8, 4) is 0 Å². The number of ether oxygens (including phenoxy) is 1. The highest BCUT2D eigenvalue weighted by Crippen LogP contribution is 2.31. The lowest BCUT2D eigenvalue weighted by Crippen LogP contribution is -2.06. The summed E-state index contributed by atoms with van der Waals surface area (Å²) < 4.78 is 5.00. The molecule has 1 atom stereocenters. The Morgan fingerprint density at radius 3 is 2.45 bits per heavy atom. The summed E-state index contributed by atoms with van der Waals surface area (Å²) in [5.41, 5.74) is 2.68. The first-order valence-electron chi connectivity index (χ1n) is 7.62. The van der Waals surface area contributed by atoms with Crippen molar-refractivity contribution in [2.24, 2.45) is 0 Å². The van der Waals surface area contributed by atoms with Crippen molar-refractivity contribution < 1.29 is 9.53 Å². The number of benzene rings is 1. The third-order valence-corrected chi connectivity index (χ3v) is 3.47. The zero-order valence-corrected chi connectivity index (χ0v) is 12.9. The molecule has 0 bridgehead atoms. The van der Waals surface area contributed by atoms with Gasteiger partial charge in [-0.1, -0.05) is 62.2 Å². The van der Waals surface area contributed by atoms with Gasteiger partial charge in [0.05, 0.1) is 13.0 Å². The van der Waals surface area contributed by atoms with Gasteiger partial charge >= 0.3 is 5.97 Å². The molecule has 0 aromatic heterocycles. The van der Waals surface area contributed by atoms with Crippen molar-refractivity contribution in [2.75, 3.05) is 6.61 Å². The molecular formula is C18H26O2. The van der Waals surface area contributed by atoms with Crippen LogP contribution in [0.3, 0.4) is 0 Å². The third kappa shape index (κ3) is 5.20. The van der Waals surface area contributed by atoms with Crippen LogP contribution in [0.25, 0.3) is 0 Å². The molecular weight excluding hydrogens is 248 g/mol. The lowest BCUT2D eigenvalue weighted by atomic mass is 9.85. The first-order valence-corrected chi connectivity index (χ1v) is 7.62. The molecule has 1 rings (SSSR count). The van der Waals surface area contributed by atoms with Gasteiger partial charge in [-0.3, -0.25) is 4.79 Å². The molecule has 0 aliphatic rings. The summed E-state index contributed by atoms with van der Waals surface area (Å²) in [5.74, 6) is 0.280. The van der Waals surface area contributed by atoms with Crippen LogP contribution in [0.2, 0.25) is 0 Å². The Morgan fingerprint density at radius 2 is 1.90 bits per heavy atom. The minimum absolute atomic E-state index is 0.137. The molecule has 0 heterocycles. The normalized spacial score (nSPS) is 13.1. The fraction of sp³-hybridized carbons (Fsp3) is 0.500. The van der Waals surface area contributed by atoms with E-state index in [1.165, 1.54) is 11.1 Å². The standard InChI is InChI=1S/C18H26O2/c1-4-10-17(16-11-8-7-9-12-16)15(5-2)13-14-18(19)20-6-3/h7-9,11-13,17H,4-6,10,14H2,1-3H3/b15-13-. The number of hydrogen-bond acceptors (Lipinski definition) is 2. The van der Waals surface area contributed by atoms with E-state index in [-0.39, 0.29) is 5.97 Å². The molecule has 0 saturated heterocycles. The van der Waals surface area contributed by atoms with Crippen LogP contribution in [-0.4, -0.2) is 12.6 Å². The predicted molar refractivity (Wildman–Crippen MR) is 83.7 cm³/mol. The summed E-state index contributed by atoms with van der Waals surface area (Å²) in [4.78, 5) is 11.5. The lowest BCUT2D eigenvalue weighted by Gasteiger charge is -2.20. The topological polar surface area (TPSA) is 26.3 Å². The van der Waals surface area contributed by atoms with Gasteiger partial charge in [-0.15, -0.1) is 0 Å². The van der Waals surface area contributed by atoms with Crippen molar-refractivity contribution in [3.63, 3.8) is 0 Å². The smallest absolute Gasteiger partial charge is 0.309 e. The Balaban J connectivity index is 2.86. The summed E-state index contributed by atoms with van der Waals surface area (Å²) in [6.45, 7) is 6.65. The first-order chi connectivity index (χ1) is 9.72. The van der Waals surface area contributed by atoms with E-state index in [0.717, 1.165) is 19.3 Å². The first kappa shape index (κ1) is 16.5. The lowest BCUT2D eigenvalue weighted by molar-refractivity contribution is -0.142. The summed E-state index contributed by atoms with van der Waals surface area (Å²) in [7, 11) is 0. The Kier molecular flexibility index (Phi) is 7.71. The van der Waals surface area contributed by atoms with E-state index in [4.69, 9.17) is 4.74 Å². The highest BCUT2D eigenvalue weighted by Gasteiger charge is 2.14. The summed E-state index contributed by atoms with van der Waals surface area (Å²) in [6, 6.07) is 10.6. The SMILES string of the molecule is CCCC(/C(=C\CC(=O)OCC)CC)c1ccccc1. The number of rotatable bonds is 8. The average molecular weight is 274 g/mol. The molecule has 1 unspecified atom stereocenters. The minimum Gasteiger partial charge on any atom is -0.466 e. The molecule has 0 radical (unpaired) electrons. The number of hydrogen-bond donors (Lipinski definition) is 0. The number of carbonyl (C=O) groups is 1. The van der Waals surface area contributed by atoms with E-state index in [1.807, 2.05) is 13.0 Å². The van der Waals surface area contributed by atoms with Crippen LogP contribution in [-0.2, 0) is 9.53 Å². The Morgan fingerprint density at radius 1 is 1.20 bits per heavy atom. The Bertz CT molecular complexity index is 420. The highest BCUT2D eigenvalue weighted by molar-refractivity contribution is 5.71. The van der Waals surface area contributed by atoms with Crippen molar-refractivity contribution in [1.29, 1.82) is 0 Å². The van der Waals surface area contributed by atoms with Crippen molar-refractivity contribution in [2.45, 2.75) is 52.4 Å². The van der Waals surface area contributed by atoms with Crippen LogP contribution in [0.15, 0.2) is 42.0 Å². The van der Waals surface area contributed by atoms with Gasteiger partial charge < -0.3 is 4.74 Å². The molecule has 0 aliphatic carbocycles. The van der Waals surface area contributed by atoms with Gasteiger partial charge in [0.15, 0.2) is 0 Å². The van der Waals surface area contributed by atoms with Crippen molar-refractivity contribution in [3.05, 3.63) is 47.5 Å². The molecule has 0 saturated carbocycles. The second kappa shape index (κ2) is 9.35. The van der Waals surface area contributed by atoms with Crippen LogP contribution in [0.5, 0.6) is 0 Å². The predicted octanol–water partition coefficient (Wildman–Crippen LogP) is 4.86. The van der Waals surface area contributed by atoms with Gasteiger partial charge in [0.1, 0.15) is 0 Å². The second-order valence-electron chi connectivity index (χ2n) is 4.89. The Labute approximate surface area is 122 Å². The number of carbonyl (C=O) groups excluding carboxylic acids is 1. The highest BCUT2D eigenvalue weighted by atomic mass is 16.5. The molecule has 0 N–H and O–H groups in total.